The Morgan fingerprint density at radius 1 is 1.20 bits per heavy atom. The number of hydrogen-bond acceptors (Lipinski definition) is 2. The SMILES string of the molecule is CCCNC(c1ccsc1)c1cccc(C(F)(F)F)c1. The first kappa shape index (κ1) is 15.1. The van der Waals surface area contributed by atoms with Gasteiger partial charge < -0.3 is 5.32 Å². The lowest BCUT2D eigenvalue weighted by Crippen LogP contribution is -2.23. The molecule has 1 heterocycles. The van der Waals surface area contributed by atoms with Gasteiger partial charge in [0.2, 0.25) is 0 Å². The van der Waals surface area contributed by atoms with Gasteiger partial charge >= 0.3 is 6.18 Å². The topological polar surface area (TPSA) is 12.0 Å². The monoisotopic (exact) mass is 299 g/mol. The van der Waals surface area contributed by atoms with Gasteiger partial charge in [0.05, 0.1) is 11.6 Å². The minimum absolute atomic E-state index is 0.191. The molecule has 1 atom stereocenters. The molecule has 0 amide bonds. The number of halogens is 3. The number of hydrogen-bond donors (Lipinski definition) is 1. The highest BCUT2D eigenvalue weighted by molar-refractivity contribution is 7.08. The maximum absolute atomic E-state index is 12.8. The first-order valence-electron chi connectivity index (χ1n) is 6.45. The van der Waals surface area contributed by atoms with E-state index in [0.717, 1.165) is 24.6 Å². The second kappa shape index (κ2) is 6.41. The Balaban J connectivity index is 2.34. The molecule has 0 aliphatic carbocycles. The third kappa shape index (κ3) is 3.61. The van der Waals surface area contributed by atoms with Crippen molar-refractivity contribution in [3.05, 3.63) is 57.8 Å². The average Bonchev–Trinajstić information content (AvgIpc) is 2.92. The molecule has 1 nitrogen and oxygen atoms in total. The second-order valence-corrected chi connectivity index (χ2v) is 5.35. The maximum Gasteiger partial charge on any atom is 0.416 e. The van der Waals surface area contributed by atoms with Crippen molar-refractivity contribution in [3.8, 4) is 0 Å². The highest BCUT2D eigenvalue weighted by Crippen LogP contribution is 2.32. The molecule has 2 aromatic rings. The number of nitrogens with one attached hydrogen (secondary N) is 1. The summed E-state index contributed by atoms with van der Waals surface area (Å²) in [6, 6.07) is 7.28. The molecule has 1 aromatic carbocycles. The summed E-state index contributed by atoms with van der Waals surface area (Å²) in [6.07, 6.45) is -3.38. The quantitative estimate of drug-likeness (QED) is 0.831. The van der Waals surface area contributed by atoms with Crippen LogP contribution in [0.15, 0.2) is 41.1 Å². The van der Waals surface area contributed by atoms with E-state index in [2.05, 4.69) is 5.32 Å². The van der Waals surface area contributed by atoms with Gasteiger partial charge in [-0.1, -0.05) is 19.1 Å². The Bertz CT molecular complexity index is 534. The zero-order valence-electron chi connectivity index (χ0n) is 11.1. The van der Waals surface area contributed by atoms with Crippen molar-refractivity contribution in [3.63, 3.8) is 0 Å². The van der Waals surface area contributed by atoms with E-state index in [4.69, 9.17) is 0 Å². The largest absolute Gasteiger partial charge is 0.416 e. The lowest BCUT2D eigenvalue weighted by molar-refractivity contribution is -0.137. The fourth-order valence-electron chi connectivity index (χ4n) is 2.05. The molecule has 108 valence electrons. The zero-order chi connectivity index (χ0) is 14.6. The zero-order valence-corrected chi connectivity index (χ0v) is 11.9. The molecule has 0 fully saturated rings. The Morgan fingerprint density at radius 2 is 2.00 bits per heavy atom. The molecule has 0 aliphatic heterocycles. The Hall–Kier alpha value is -1.33. The van der Waals surface area contributed by atoms with Gasteiger partial charge in [0, 0.05) is 0 Å². The van der Waals surface area contributed by atoms with E-state index in [9.17, 15) is 13.2 Å². The van der Waals surface area contributed by atoms with Crippen LogP contribution >= 0.6 is 11.3 Å². The molecule has 0 bridgehead atoms. The Kier molecular flexibility index (Phi) is 4.83. The predicted octanol–water partition coefficient (Wildman–Crippen LogP) is 4.86. The molecule has 0 aliphatic rings. The van der Waals surface area contributed by atoms with Crippen molar-refractivity contribution >= 4 is 11.3 Å². The van der Waals surface area contributed by atoms with Gasteiger partial charge in [-0.2, -0.15) is 24.5 Å². The van der Waals surface area contributed by atoms with E-state index in [1.54, 1.807) is 17.4 Å². The predicted molar refractivity (Wildman–Crippen MR) is 75.9 cm³/mol. The van der Waals surface area contributed by atoms with Crippen molar-refractivity contribution in [1.82, 2.24) is 5.32 Å². The van der Waals surface area contributed by atoms with E-state index in [0.29, 0.717) is 5.56 Å². The van der Waals surface area contributed by atoms with Crippen LogP contribution in [0.25, 0.3) is 0 Å². The molecule has 0 radical (unpaired) electrons. The van der Waals surface area contributed by atoms with Gasteiger partial charge in [0.1, 0.15) is 0 Å². The van der Waals surface area contributed by atoms with Gasteiger partial charge in [-0.3, -0.25) is 0 Å². The van der Waals surface area contributed by atoms with Gasteiger partial charge in [-0.25, -0.2) is 0 Å². The summed E-state index contributed by atoms with van der Waals surface area (Å²) < 4.78 is 38.4. The van der Waals surface area contributed by atoms with E-state index in [-0.39, 0.29) is 6.04 Å². The lowest BCUT2D eigenvalue weighted by atomic mass is 9.99. The minimum atomic E-state index is -4.31. The molecule has 0 saturated carbocycles. The molecule has 5 heteroatoms. The maximum atomic E-state index is 12.8. The van der Waals surface area contributed by atoms with Crippen LogP contribution < -0.4 is 5.32 Å². The lowest BCUT2D eigenvalue weighted by Gasteiger charge is -2.19. The number of thiophene rings is 1. The minimum Gasteiger partial charge on any atom is -0.306 e. The highest BCUT2D eigenvalue weighted by Gasteiger charge is 2.31. The van der Waals surface area contributed by atoms with Crippen LogP contribution in [-0.4, -0.2) is 6.54 Å². The van der Waals surface area contributed by atoms with Crippen LogP contribution in [0.5, 0.6) is 0 Å². The summed E-state index contributed by atoms with van der Waals surface area (Å²) in [6.45, 7) is 2.79. The van der Waals surface area contributed by atoms with E-state index in [1.165, 1.54) is 12.1 Å². The van der Waals surface area contributed by atoms with Crippen molar-refractivity contribution in [2.45, 2.75) is 25.6 Å². The van der Waals surface area contributed by atoms with Gasteiger partial charge in [-0.05, 0) is 53.1 Å². The summed E-state index contributed by atoms with van der Waals surface area (Å²) in [5, 5.41) is 7.21. The van der Waals surface area contributed by atoms with E-state index < -0.39 is 11.7 Å². The smallest absolute Gasteiger partial charge is 0.306 e. The normalized spacial score (nSPS) is 13.4. The molecule has 0 spiro atoms. The standard InChI is InChI=1S/C15H16F3NS/c1-2-7-19-14(12-6-8-20-10-12)11-4-3-5-13(9-11)15(16,17)18/h3-6,8-10,14,19H,2,7H2,1H3. The third-order valence-corrected chi connectivity index (χ3v) is 3.72. The second-order valence-electron chi connectivity index (χ2n) is 4.57. The molecule has 20 heavy (non-hydrogen) atoms. The third-order valence-electron chi connectivity index (χ3n) is 3.02. The number of benzene rings is 1. The van der Waals surface area contributed by atoms with Crippen LogP contribution in [0.3, 0.4) is 0 Å². The summed E-state index contributed by atoms with van der Waals surface area (Å²) >= 11 is 1.54. The fourth-order valence-corrected chi connectivity index (χ4v) is 2.74. The average molecular weight is 299 g/mol. The van der Waals surface area contributed by atoms with Crippen LogP contribution in [0, 0.1) is 0 Å². The van der Waals surface area contributed by atoms with E-state index in [1.807, 2.05) is 23.8 Å². The summed E-state index contributed by atoms with van der Waals surface area (Å²) in [5.74, 6) is 0. The molecule has 1 unspecified atom stereocenters. The van der Waals surface area contributed by atoms with E-state index >= 15 is 0 Å². The van der Waals surface area contributed by atoms with Crippen molar-refractivity contribution < 1.29 is 13.2 Å². The summed E-state index contributed by atoms with van der Waals surface area (Å²) in [4.78, 5) is 0. The highest BCUT2D eigenvalue weighted by atomic mass is 32.1. The molecule has 1 N–H and O–H groups in total. The molecule has 1 aromatic heterocycles. The molecule has 0 saturated heterocycles. The Morgan fingerprint density at radius 3 is 2.60 bits per heavy atom. The van der Waals surface area contributed by atoms with Gasteiger partial charge in [0.15, 0.2) is 0 Å². The first-order valence-corrected chi connectivity index (χ1v) is 7.39. The van der Waals surface area contributed by atoms with Crippen molar-refractivity contribution in [2.75, 3.05) is 6.54 Å². The van der Waals surface area contributed by atoms with Gasteiger partial charge in [-0.15, -0.1) is 0 Å². The van der Waals surface area contributed by atoms with Crippen LogP contribution in [0.1, 0.15) is 36.1 Å². The fraction of sp³-hybridized carbons (Fsp3) is 0.333. The molecular weight excluding hydrogens is 283 g/mol. The van der Waals surface area contributed by atoms with Gasteiger partial charge in [0.25, 0.3) is 0 Å². The first-order chi connectivity index (χ1) is 9.52. The Labute approximate surface area is 120 Å². The van der Waals surface area contributed by atoms with Crippen molar-refractivity contribution in [1.29, 1.82) is 0 Å². The van der Waals surface area contributed by atoms with Crippen LogP contribution in [0.2, 0.25) is 0 Å². The molecule has 2 rings (SSSR count). The number of alkyl halides is 3. The van der Waals surface area contributed by atoms with Crippen LogP contribution in [0.4, 0.5) is 13.2 Å². The van der Waals surface area contributed by atoms with Crippen molar-refractivity contribution in [2.24, 2.45) is 0 Å². The summed E-state index contributed by atoms with van der Waals surface area (Å²) in [5.41, 5.74) is 1.04. The summed E-state index contributed by atoms with van der Waals surface area (Å²) in [7, 11) is 0. The molecular formula is C15H16F3NS. The number of rotatable bonds is 5. The van der Waals surface area contributed by atoms with Crippen LogP contribution in [-0.2, 0) is 6.18 Å².